The van der Waals surface area contributed by atoms with Crippen molar-refractivity contribution < 1.29 is 19.6 Å². The second kappa shape index (κ2) is 7.26. The number of rotatable bonds is 3. The first-order valence-electron chi connectivity index (χ1n) is 10.5. The zero-order chi connectivity index (χ0) is 17.4. The van der Waals surface area contributed by atoms with Crippen molar-refractivity contribution in [1.29, 1.82) is 0 Å². The Kier molecular flexibility index (Phi) is 5.03. The molecule has 4 aliphatic carbocycles. The Morgan fingerprint density at radius 2 is 1.36 bits per heavy atom. The van der Waals surface area contributed by atoms with Crippen molar-refractivity contribution in [2.75, 3.05) is 26.2 Å². The lowest BCUT2D eigenvalue weighted by molar-refractivity contribution is -0.930. The molecule has 1 heterocycles. The molecule has 2 bridgehead atoms. The van der Waals surface area contributed by atoms with Gasteiger partial charge in [-0.25, -0.2) is 0 Å². The SMILES string of the molecule is O=C([O-])[C@H]1C2CCC(CC2)[C@@H]1C(=O)N1CC[NH+](C2CCCCC2)CC1. The third-order valence-electron chi connectivity index (χ3n) is 7.68. The summed E-state index contributed by atoms with van der Waals surface area (Å²) in [6, 6.07) is 0.785. The van der Waals surface area contributed by atoms with E-state index in [1.807, 2.05) is 4.90 Å². The standard InChI is InChI=1S/C20H32N2O3/c23-19(17-14-6-8-15(9-7-14)18(17)20(24)25)22-12-10-21(11-13-22)16-4-2-1-3-5-16/h14-18H,1-13H2,(H,24,25)/t14?,15?,17-,18-/m0/s1. The largest absolute Gasteiger partial charge is 0.550 e. The molecule has 1 saturated heterocycles. The summed E-state index contributed by atoms with van der Waals surface area (Å²) >= 11 is 0. The zero-order valence-corrected chi connectivity index (χ0v) is 15.3. The monoisotopic (exact) mass is 348 g/mol. The number of carboxylic acid groups (broad SMARTS) is 1. The van der Waals surface area contributed by atoms with Crippen LogP contribution in [0, 0.1) is 23.7 Å². The van der Waals surface area contributed by atoms with Crippen LogP contribution in [-0.4, -0.2) is 49.0 Å². The van der Waals surface area contributed by atoms with E-state index < -0.39 is 11.9 Å². The number of quaternary nitrogens is 1. The molecule has 1 N–H and O–H groups in total. The van der Waals surface area contributed by atoms with E-state index in [0.717, 1.165) is 57.9 Å². The van der Waals surface area contributed by atoms with Gasteiger partial charge >= 0.3 is 0 Å². The topological polar surface area (TPSA) is 64.9 Å². The van der Waals surface area contributed by atoms with E-state index in [2.05, 4.69) is 0 Å². The van der Waals surface area contributed by atoms with E-state index in [4.69, 9.17) is 0 Å². The molecule has 4 saturated carbocycles. The molecule has 25 heavy (non-hydrogen) atoms. The van der Waals surface area contributed by atoms with E-state index >= 15 is 0 Å². The smallest absolute Gasteiger partial charge is 0.227 e. The van der Waals surface area contributed by atoms with Gasteiger partial charge in [0, 0.05) is 17.8 Å². The number of hydrogen-bond donors (Lipinski definition) is 1. The molecule has 0 spiro atoms. The fourth-order valence-electron chi connectivity index (χ4n) is 6.29. The Morgan fingerprint density at radius 3 is 1.92 bits per heavy atom. The molecule has 5 rings (SSSR count). The lowest BCUT2D eigenvalue weighted by Gasteiger charge is -2.50. The molecular formula is C20H32N2O3. The van der Waals surface area contributed by atoms with Crippen LogP contribution in [0.5, 0.6) is 0 Å². The number of carboxylic acids is 1. The van der Waals surface area contributed by atoms with Gasteiger partial charge in [-0.3, -0.25) is 4.79 Å². The molecule has 5 nitrogen and oxygen atoms in total. The van der Waals surface area contributed by atoms with Crippen LogP contribution in [0.25, 0.3) is 0 Å². The molecule has 1 amide bonds. The average Bonchev–Trinajstić information content (AvgIpc) is 2.68. The Labute approximate surface area is 150 Å². The Hall–Kier alpha value is -1.10. The normalized spacial score (nSPS) is 37.2. The minimum Gasteiger partial charge on any atom is -0.550 e. The van der Waals surface area contributed by atoms with Crippen LogP contribution in [-0.2, 0) is 9.59 Å². The fraction of sp³-hybridized carbons (Fsp3) is 0.900. The average molecular weight is 348 g/mol. The van der Waals surface area contributed by atoms with Gasteiger partial charge in [0.15, 0.2) is 0 Å². The molecule has 0 aromatic rings. The van der Waals surface area contributed by atoms with Crippen LogP contribution in [0.3, 0.4) is 0 Å². The Balaban J connectivity index is 1.39. The van der Waals surface area contributed by atoms with Crippen LogP contribution in [0.2, 0.25) is 0 Å². The second-order valence-electron chi connectivity index (χ2n) is 8.86. The molecule has 140 valence electrons. The summed E-state index contributed by atoms with van der Waals surface area (Å²) in [4.78, 5) is 28.5. The van der Waals surface area contributed by atoms with Gasteiger partial charge in [0.1, 0.15) is 0 Å². The van der Waals surface area contributed by atoms with E-state index in [1.54, 1.807) is 4.90 Å². The van der Waals surface area contributed by atoms with Crippen molar-refractivity contribution in [3.63, 3.8) is 0 Å². The molecular weight excluding hydrogens is 316 g/mol. The summed E-state index contributed by atoms with van der Waals surface area (Å²) in [7, 11) is 0. The van der Waals surface area contributed by atoms with Crippen molar-refractivity contribution >= 4 is 11.9 Å². The molecule has 0 aromatic heterocycles. The van der Waals surface area contributed by atoms with Crippen molar-refractivity contribution in [3.05, 3.63) is 0 Å². The number of carbonyl (C=O) groups is 2. The second-order valence-corrected chi connectivity index (χ2v) is 8.86. The van der Waals surface area contributed by atoms with Crippen LogP contribution < -0.4 is 10.0 Å². The van der Waals surface area contributed by atoms with Gasteiger partial charge in [-0.1, -0.05) is 6.42 Å². The van der Waals surface area contributed by atoms with Crippen molar-refractivity contribution in [2.24, 2.45) is 23.7 Å². The Morgan fingerprint density at radius 1 is 0.800 bits per heavy atom. The quantitative estimate of drug-likeness (QED) is 0.771. The van der Waals surface area contributed by atoms with Gasteiger partial charge in [0.25, 0.3) is 0 Å². The van der Waals surface area contributed by atoms with Gasteiger partial charge in [0.2, 0.25) is 5.91 Å². The number of piperazine rings is 1. The third-order valence-corrected chi connectivity index (χ3v) is 7.68. The highest BCUT2D eigenvalue weighted by atomic mass is 16.4. The first-order chi connectivity index (χ1) is 12.1. The molecule has 5 heteroatoms. The number of nitrogens with zero attached hydrogens (tertiary/aromatic N) is 1. The molecule has 2 atom stereocenters. The van der Waals surface area contributed by atoms with Gasteiger partial charge < -0.3 is 19.7 Å². The highest BCUT2D eigenvalue weighted by molar-refractivity contribution is 5.85. The number of fused-ring (bicyclic) bond motifs is 3. The van der Waals surface area contributed by atoms with Crippen molar-refractivity contribution in [1.82, 2.24) is 4.90 Å². The van der Waals surface area contributed by atoms with Gasteiger partial charge in [-0.05, 0) is 63.2 Å². The number of carbonyl (C=O) groups excluding carboxylic acids is 2. The predicted octanol–water partition coefficient (Wildman–Crippen LogP) is -0.151. The highest BCUT2D eigenvalue weighted by Crippen LogP contribution is 2.49. The van der Waals surface area contributed by atoms with Gasteiger partial charge in [-0.15, -0.1) is 0 Å². The number of aliphatic carboxylic acids is 1. The number of nitrogens with one attached hydrogen (secondary N) is 1. The summed E-state index contributed by atoms with van der Waals surface area (Å²) in [6.07, 6.45) is 10.7. The van der Waals surface area contributed by atoms with E-state index in [1.165, 1.54) is 32.1 Å². The zero-order valence-electron chi connectivity index (χ0n) is 15.3. The summed E-state index contributed by atoms with van der Waals surface area (Å²) in [5.74, 6) is -1.29. The maximum atomic E-state index is 13.2. The van der Waals surface area contributed by atoms with Gasteiger partial charge in [0.05, 0.1) is 32.2 Å². The first kappa shape index (κ1) is 17.3. The van der Waals surface area contributed by atoms with Crippen LogP contribution >= 0.6 is 0 Å². The molecule has 1 aliphatic heterocycles. The third kappa shape index (κ3) is 3.32. The van der Waals surface area contributed by atoms with Crippen molar-refractivity contribution in [3.8, 4) is 0 Å². The van der Waals surface area contributed by atoms with E-state index in [-0.39, 0.29) is 23.7 Å². The lowest BCUT2D eigenvalue weighted by Crippen LogP contribution is -3.18. The van der Waals surface area contributed by atoms with E-state index in [9.17, 15) is 14.7 Å². The maximum Gasteiger partial charge on any atom is 0.227 e. The number of amides is 1. The van der Waals surface area contributed by atoms with Crippen LogP contribution in [0.4, 0.5) is 0 Å². The summed E-state index contributed by atoms with van der Waals surface area (Å²) < 4.78 is 0. The lowest BCUT2D eigenvalue weighted by atomic mass is 9.58. The Bertz CT molecular complexity index is 501. The number of hydrogen-bond acceptors (Lipinski definition) is 3. The van der Waals surface area contributed by atoms with Crippen LogP contribution in [0.1, 0.15) is 57.8 Å². The summed E-state index contributed by atoms with van der Waals surface area (Å²) in [5, 5.41) is 11.7. The molecule has 0 radical (unpaired) electrons. The first-order valence-corrected chi connectivity index (χ1v) is 10.5. The van der Waals surface area contributed by atoms with Crippen LogP contribution in [0.15, 0.2) is 0 Å². The maximum absolute atomic E-state index is 13.2. The van der Waals surface area contributed by atoms with Crippen molar-refractivity contribution in [2.45, 2.75) is 63.8 Å². The molecule has 5 fully saturated rings. The summed E-state index contributed by atoms with van der Waals surface area (Å²) in [5.41, 5.74) is 0. The highest BCUT2D eigenvalue weighted by Gasteiger charge is 2.49. The molecule has 0 aromatic carbocycles. The minimum absolute atomic E-state index is 0.117. The van der Waals surface area contributed by atoms with Gasteiger partial charge in [-0.2, -0.15) is 0 Å². The molecule has 0 unspecified atom stereocenters. The minimum atomic E-state index is -0.987. The molecule has 5 aliphatic rings. The predicted molar refractivity (Wildman–Crippen MR) is 91.6 cm³/mol. The van der Waals surface area contributed by atoms with E-state index in [0.29, 0.717) is 0 Å². The fourth-order valence-corrected chi connectivity index (χ4v) is 6.29. The summed E-state index contributed by atoms with van der Waals surface area (Å²) in [6.45, 7) is 3.68.